The van der Waals surface area contributed by atoms with E-state index in [0.717, 1.165) is 17.1 Å². The van der Waals surface area contributed by atoms with Gasteiger partial charge < -0.3 is 5.11 Å². The number of carboxylic acid groups (broad SMARTS) is 1. The van der Waals surface area contributed by atoms with E-state index >= 15 is 0 Å². The summed E-state index contributed by atoms with van der Waals surface area (Å²) in [5.41, 5.74) is 1.06. The summed E-state index contributed by atoms with van der Waals surface area (Å²) in [5, 5.41) is 9.75. The standard InChI is InChI=1S/C10H15NO2S/c1-6(10(12)13)4-5-9-11-7(2)8(3)14-9/h6H,4-5H2,1-3H3,(H,12,13). The molecule has 0 aliphatic heterocycles. The van der Waals surface area contributed by atoms with Crippen molar-refractivity contribution in [2.45, 2.75) is 33.6 Å². The molecule has 0 fully saturated rings. The Labute approximate surface area is 87.8 Å². The van der Waals surface area contributed by atoms with E-state index in [1.165, 1.54) is 4.88 Å². The number of aliphatic carboxylic acids is 1. The van der Waals surface area contributed by atoms with Gasteiger partial charge in [0.05, 0.1) is 16.6 Å². The molecule has 0 aliphatic rings. The molecule has 0 bridgehead atoms. The van der Waals surface area contributed by atoms with Gasteiger partial charge in [-0.25, -0.2) is 4.98 Å². The van der Waals surface area contributed by atoms with E-state index in [2.05, 4.69) is 4.98 Å². The van der Waals surface area contributed by atoms with E-state index < -0.39 is 5.97 Å². The zero-order valence-electron chi connectivity index (χ0n) is 8.70. The third-order valence-electron chi connectivity index (χ3n) is 2.29. The number of thiazole rings is 1. The van der Waals surface area contributed by atoms with Crippen LogP contribution in [0.2, 0.25) is 0 Å². The normalized spacial score (nSPS) is 12.8. The molecule has 1 aromatic rings. The first-order valence-electron chi connectivity index (χ1n) is 4.66. The Morgan fingerprint density at radius 3 is 2.64 bits per heavy atom. The molecule has 0 amide bonds. The molecule has 0 saturated heterocycles. The van der Waals surface area contributed by atoms with Crippen LogP contribution in [0.25, 0.3) is 0 Å². The number of carboxylic acids is 1. The molecule has 0 aromatic carbocycles. The first-order valence-corrected chi connectivity index (χ1v) is 5.48. The molecule has 0 aliphatic carbocycles. The van der Waals surface area contributed by atoms with Crippen molar-refractivity contribution in [3.63, 3.8) is 0 Å². The first-order chi connectivity index (χ1) is 6.50. The summed E-state index contributed by atoms with van der Waals surface area (Å²) >= 11 is 1.66. The Morgan fingerprint density at radius 1 is 1.57 bits per heavy atom. The van der Waals surface area contributed by atoms with Crippen molar-refractivity contribution in [1.82, 2.24) is 4.98 Å². The van der Waals surface area contributed by atoms with Crippen LogP contribution < -0.4 is 0 Å². The van der Waals surface area contributed by atoms with Crippen LogP contribution >= 0.6 is 11.3 Å². The number of nitrogens with zero attached hydrogens (tertiary/aromatic N) is 1. The first kappa shape index (κ1) is 11.2. The highest BCUT2D eigenvalue weighted by Gasteiger charge is 2.12. The van der Waals surface area contributed by atoms with Crippen molar-refractivity contribution in [2.24, 2.45) is 5.92 Å². The number of hydrogen-bond donors (Lipinski definition) is 1. The molecule has 14 heavy (non-hydrogen) atoms. The number of carbonyl (C=O) groups is 1. The van der Waals surface area contributed by atoms with Crippen molar-refractivity contribution in [3.8, 4) is 0 Å². The third kappa shape index (κ3) is 2.80. The van der Waals surface area contributed by atoms with Gasteiger partial charge in [0.25, 0.3) is 0 Å². The average Bonchev–Trinajstić information content (AvgIpc) is 2.42. The van der Waals surface area contributed by atoms with Crippen molar-refractivity contribution in [1.29, 1.82) is 0 Å². The summed E-state index contributed by atoms with van der Waals surface area (Å²) < 4.78 is 0. The molecule has 4 heteroatoms. The lowest BCUT2D eigenvalue weighted by atomic mass is 10.1. The van der Waals surface area contributed by atoms with Crippen LogP contribution in [0.4, 0.5) is 0 Å². The number of hydrogen-bond acceptors (Lipinski definition) is 3. The third-order valence-corrected chi connectivity index (χ3v) is 3.42. The SMILES string of the molecule is Cc1nc(CCC(C)C(=O)O)sc1C. The highest BCUT2D eigenvalue weighted by Crippen LogP contribution is 2.19. The molecule has 0 radical (unpaired) electrons. The predicted molar refractivity (Wildman–Crippen MR) is 56.7 cm³/mol. The second-order valence-electron chi connectivity index (χ2n) is 3.53. The minimum atomic E-state index is -0.727. The molecule has 3 nitrogen and oxygen atoms in total. The van der Waals surface area contributed by atoms with Crippen molar-refractivity contribution in [2.75, 3.05) is 0 Å². The lowest BCUT2D eigenvalue weighted by Crippen LogP contribution is -2.10. The van der Waals surface area contributed by atoms with Crippen LogP contribution in [0.3, 0.4) is 0 Å². The van der Waals surface area contributed by atoms with E-state index in [4.69, 9.17) is 5.11 Å². The van der Waals surface area contributed by atoms with Gasteiger partial charge in [-0.3, -0.25) is 4.79 Å². The van der Waals surface area contributed by atoms with Gasteiger partial charge in [0, 0.05) is 11.3 Å². The molecule has 1 aromatic heterocycles. The quantitative estimate of drug-likeness (QED) is 0.835. The van der Waals surface area contributed by atoms with Gasteiger partial charge in [0.2, 0.25) is 0 Å². The minimum absolute atomic E-state index is 0.278. The smallest absolute Gasteiger partial charge is 0.306 e. The van der Waals surface area contributed by atoms with E-state index in [-0.39, 0.29) is 5.92 Å². The largest absolute Gasteiger partial charge is 0.481 e. The molecule has 78 valence electrons. The Balaban J connectivity index is 2.50. The average molecular weight is 213 g/mol. The van der Waals surface area contributed by atoms with Crippen LogP contribution in [0, 0.1) is 19.8 Å². The van der Waals surface area contributed by atoms with Gasteiger partial charge >= 0.3 is 5.97 Å². The lowest BCUT2D eigenvalue weighted by Gasteiger charge is -2.02. The molecule has 0 spiro atoms. The van der Waals surface area contributed by atoms with Crippen molar-refractivity contribution < 1.29 is 9.90 Å². The van der Waals surface area contributed by atoms with Crippen LogP contribution in [-0.2, 0) is 11.2 Å². The minimum Gasteiger partial charge on any atom is -0.481 e. The van der Waals surface area contributed by atoms with Crippen LogP contribution in [0.15, 0.2) is 0 Å². The van der Waals surface area contributed by atoms with Gasteiger partial charge in [-0.1, -0.05) is 6.92 Å². The van der Waals surface area contributed by atoms with Crippen molar-refractivity contribution >= 4 is 17.3 Å². The van der Waals surface area contributed by atoms with E-state index in [1.807, 2.05) is 13.8 Å². The summed E-state index contributed by atoms with van der Waals surface area (Å²) in [5.74, 6) is -1.01. The summed E-state index contributed by atoms with van der Waals surface area (Å²) in [7, 11) is 0. The fourth-order valence-electron chi connectivity index (χ4n) is 1.11. The zero-order valence-corrected chi connectivity index (χ0v) is 9.52. The Hall–Kier alpha value is -0.900. The van der Waals surface area contributed by atoms with E-state index in [0.29, 0.717) is 6.42 Å². The molecule has 1 unspecified atom stereocenters. The lowest BCUT2D eigenvalue weighted by molar-refractivity contribution is -0.141. The molecule has 1 rings (SSSR count). The molecular weight excluding hydrogens is 198 g/mol. The number of rotatable bonds is 4. The Morgan fingerprint density at radius 2 is 2.21 bits per heavy atom. The monoisotopic (exact) mass is 213 g/mol. The van der Waals surface area contributed by atoms with Gasteiger partial charge in [0.1, 0.15) is 0 Å². The highest BCUT2D eigenvalue weighted by molar-refractivity contribution is 7.11. The van der Waals surface area contributed by atoms with Crippen LogP contribution in [-0.4, -0.2) is 16.1 Å². The van der Waals surface area contributed by atoms with Gasteiger partial charge in [0.15, 0.2) is 0 Å². The maximum atomic E-state index is 10.6. The zero-order chi connectivity index (χ0) is 10.7. The van der Waals surface area contributed by atoms with Gasteiger partial charge in [-0.2, -0.15) is 0 Å². The maximum absolute atomic E-state index is 10.6. The summed E-state index contributed by atoms with van der Waals surface area (Å²) in [4.78, 5) is 16.2. The van der Waals surface area contributed by atoms with E-state index in [1.54, 1.807) is 18.3 Å². The topological polar surface area (TPSA) is 50.2 Å². The molecule has 1 N–H and O–H groups in total. The second kappa shape index (κ2) is 4.55. The number of aromatic nitrogens is 1. The molecule has 1 heterocycles. The predicted octanol–water partition coefficient (Wildman–Crippen LogP) is 2.41. The maximum Gasteiger partial charge on any atom is 0.306 e. The van der Waals surface area contributed by atoms with Gasteiger partial charge in [-0.05, 0) is 20.3 Å². The highest BCUT2D eigenvalue weighted by atomic mass is 32.1. The fraction of sp³-hybridized carbons (Fsp3) is 0.600. The van der Waals surface area contributed by atoms with E-state index in [9.17, 15) is 4.79 Å². The fourth-order valence-corrected chi connectivity index (χ4v) is 2.06. The second-order valence-corrected chi connectivity index (χ2v) is 4.81. The van der Waals surface area contributed by atoms with Crippen LogP contribution in [0.1, 0.15) is 28.9 Å². The summed E-state index contributed by atoms with van der Waals surface area (Å²) in [6.45, 7) is 5.75. The van der Waals surface area contributed by atoms with Crippen LogP contribution in [0.5, 0.6) is 0 Å². The Kier molecular flexibility index (Phi) is 3.63. The molecule has 0 saturated carbocycles. The summed E-state index contributed by atoms with van der Waals surface area (Å²) in [6, 6.07) is 0. The summed E-state index contributed by atoms with van der Waals surface area (Å²) in [6.07, 6.45) is 1.44. The number of aryl methyl sites for hydroxylation is 3. The van der Waals surface area contributed by atoms with Crippen molar-refractivity contribution in [3.05, 3.63) is 15.6 Å². The Bertz CT molecular complexity index is 313. The molecular formula is C10H15NO2S. The van der Waals surface area contributed by atoms with Gasteiger partial charge in [-0.15, -0.1) is 11.3 Å². The molecule has 1 atom stereocenters.